The number of fused-ring (bicyclic) bond motifs is 1. The van der Waals surface area contributed by atoms with Gasteiger partial charge in [0.2, 0.25) is 0 Å². The predicted octanol–water partition coefficient (Wildman–Crippen LogP) is 3.48. The summed E-state index contributed by atoms with van der Waals surface area (Å²) in [6.07, 6.45) is 5.11. The van der Waals surface area contributed by atoms with Crippen molar-refractivity contribution in [3.63, 3.8) is 0 Å². The first kappa shape index (κ1) is 11.8. The minimum absolute atomic E-state index is 0.684. The number of benzene rings is 2. The summed E-state index contributed by atoms with van der Waals surface area (Å²) in [6.45, 7) is 0. The molecule has 2 aromatic heterocycles. The Bertz CT molecular complexity index is 897. The Hall–Kier alpha value is -3.01. The van der Waals surface area contributed by atoms with Crippen LogP contribution in [0.4, 0.5) is 0 Å². The fourth-order valence-corrected chi connectivity index (χ4v) is 2.49. The van der Waals surface area contributed by atoms with Gasteiger partial charge in [-0.15, -0.1) is 0 Å². The maximum atomic E-state index is 4.20. The van der Waals surface area contributed by atoms with Crippen LogP contribution in [0.3, 0.4) is 0 Å². The Morgan fingerprint density at radius 1 is 0.810 bits per heavy atom. The van der Waals surface area contributed by atoms with Gasteiger partial charge in [-0.2, -0.15) is 0 Å². The molecule has 0 radical (unpaired) electrons. The summed E-state index contributed by atoms with van der Waals surface area (Å²) < 4.78 is 2.17. The van der Waals surface area contributed by atoms with Crippen LogP contribution in [0.1, 0.15) is 0 Å². The Balaban J connectivity index is 1.87. The van der Waals surface area contributed by atoms with E-state index in [-0.39, 0.29) is 0 Å². The van der Waals surface area contributed by atoms with E-state index < -0.39 is 0 Å². The summed E-state index contributed by atoms with van der Waals surface area (Å²) in [5.41, 5.74) is 3.26. The normalized spacial score (nSPS) is 10.9. The maximum Gasteiger partial charge on any atom is 0.162 e. The van der Waals surface area contributed by atoms with Gasteiger partial charge >= 0.3 is 0 Å². The average molecular weight is 272 g/mol. The van der Waals surface area contributed by atoms with E-state index in [0.717, 1.165) is 11.3 Å². The highest BCUT2D eigenvalue weighted by atomic mass is 15.0. The average Bonchev–Trinajstić information content (AvgIpc) is 3.00. The lowest BCUT2D eigenvalue weighted by atomic mass is 10.2. The molecule has 4 rings (SSSR count). The Morgan fingerprint density at radius 3 is 2.57 bits per heavy atom. The lowest BCUT2D eigenvalue weighted by Crippen LogP contribution is -1.94. The van der Waals surface area contributed by atoms with E-state index in [4.69, 9.17) is 0 Å². The first-order valence-electron chi connectivity index (χ1n) is 6.71. The molecule has 0 spiro atoms. The van der Waals surface area contributed by atoms with E-state index in [1.807, 2.05) is 18.2 Å². The third kappa shape index (κ3) is 2.07. The predicted molar refractivity (Wildman–Crippen MR) is 82.1 cm³/mol. The maximum absolute atomic E-state index is 4.20. The SMILES string of the molecule is c1cc(-c2ncncn2)cc(-n2ccc3ccccc32)c1. The van der Waals surface area contributed by atoms with Crippen LogP contribution >= 0.6 is 0 Å². The van der Waals surface area contributed by atoms with Crippen LogP contribution in [0, 0.1) is 0 Å². The fourth-order valence-electron chi connectivity index (χ4n) is 2.49. The van der Waals surface area contributed by atoms with Crippen molar-refractivity contribution in [1.82, 2.24) is 19.5 Å². The Kier molecular flexibility index (Phi) is 2.71. The molecule has 0 amide bonds. The molecule has 21 heavy (non-hydrogen) atoms. The van der Waals surface area contributed by atoms with Crippen LogP contribution in [0.15, 0.2) is 73.4 Å². The van der Waals surface area contributed by atoms with Crippen LogP contribution in [0.5, 0.6) is 0 Å². The molecule has 2 aromatic carbocycles. The molecule has 4 heteroatoms. The molecule has 0 aliphatic rings. The lowest BCUT2D eigenvalue weighted by molar-refractivity contribution is 1.05. The molecule has 100 valence electrons. The zero-order chi connectivity index (χ0) is 14.1. The second-order valence-electron chi connectivity index (χ2n) is 4.76. The van der Waals surface area contributed by atoms with Crippen LogP contribution in [0.25, 0.3) is 28.0 Å². The van der Waals surface area contributed by atoms with E-state index in [1.165, 1.54) is 23.6 Å². The van der Waals surface area contributed by atoms with Gasteiger partial charge in [-0.3, -0.25) is 0 Å². The van der Waals surface area contributed by atoms with Crippen molar-refractivity contribution in [3.05, 3.63) is 73.4 Å². The zero-order valence-corrected chi connectivity index (χ0v) is 11.2. The van der Waals surface area contributed by atoms with E-state index >= 15 is 0 Å². The van der Waals surface area contributed by atoms with Crippen molar-refractivity contribution in [2.45, 2.75) is 0 Å². The number of aromatic nitrogens is 4. The molecule has 0 unspecified atom stereocenters. The molecule has 0 bridgehead atoms. The topological polar surface area (TPSA) is 43.6 Å². The summed E-state index contributed by atoms with van der Waals surface area (Å²) in [7, 11) is 0. The summed E-state index contributed by atoms with van der Waals surface area (Å²) in [5, 5.41) is 1.23. The van der Waals surface area contributed by atoms with Gasteiger partial charge in [0.05, 0.1) is 5.52 Å². The molecule has 0 aliphatic carbocycles. The van der Waals surface area contributed by atoms with Gasteiger partial charge in [0.1, 0.15) is 12.7 Å². The van der Waals surface area contributed by atoms with E-state index in [1.54, 1.807) is 0 Å². The van der Waals surface area contributed by atoms with Crippen molar-refractivity contribution in [2.24, 2.45) is 0 Å². The van der Waals surface area contributed by atoms with Gasteiger partial charge in [0.15, 0.2) is 5.82 Å². The molecule has 0 saturated heterocycles. The minimum atomic E-state index is 0.684. The molecule has 4 nitrogen and oxygen atoms in total. The second kappa shape index (κ2) is 4.83. The first-order valence-corrected chi connectivity index (χ1v) is 6.71. The van der Waals surface area contributed by atoms with Crippen LogP contribution < -0.4 is 0 Å². The molecule has 0 aliphatic heterocycles. The van der Waals surface area contributed by atoms with Gasteiger partial charge < -0.3 is 4.57 Å². The van der Waals surface area contributed by atoms with Crippen molar-refractivity contribution in [3.8, 4) is 17.1 Å². The molecular formula is C17H12N4. The summed E-state index contributed by atoms with van der Waals surface area (Å²) in [5.74, 6) is 0.684. The highest BCUT2D eigenvalue weighted by Gasteiger charge is 2.05. The van der Waals surface area contributed by atoms with Gasteiger partial charge in [0, 0.05) is 17.4 Å². The van der Waals surface area contributed by atoms with Crippen LogP contribution in [0.2, 0.25) is 0 Å². The van der Waals surface area contributed by atoms with Gasteiger partial charge in [-0.25, -0.2) is 15.0 Å². The zero-order valence-electron chi connectivity index (χ0n) is 11.2. The Morgan fingerprint density at radius 2 is 1.67 bits per heavy atom. The third-order valence-corrected chi connectivity index (χ3v) is 3.48. The van der Waals surface area contributed by atoms with Crippen molar-refractivity contribution in [1.29, 1.82) is 0 Å². The molecule has 0 atom stereocenters. The van der Waals surface area contributed by atoms with Crippen molar-refractivity contribution >= 4 is 10.9 Å². The molecule has 2 heterocycles. The van der Waals surface area contributed by atoms with Gasteiger partial charge in [0.25, 0.3) is 0 Å². The van der Waals surface area contributed by atoms with Gasteiger partial charge in [-0.05, 0) is 29.7 Å². The fraction of sp³-hybridized carbons (Fsp3) is 0. The summed E-state index contributed by atoms with van der Waals surface area (Å²) >= 11 is 0. The quantitative estimate of drug-likeness (QED) is 0.561. The van der Waals surface area contributed by atoms with Crippen LogP contribution in [-0.2, 0) is 0 Å². The lowest BCUT2D eigenvalue weighted by Gasteiger charge is -2.07. The molecule has 0 saturated carbocycles. The standard InChI is InChI=1S/C17H12N4/c1-2-7-16-13(4-1)8-9-21(16)15-6-3-5-14(10-15)17-19-11-18-12-20-17/h1-12H. The highest BCUT2D eigenvalue weighted by molar-refractivity contribution is 5.82. The van der Waals surface area contributed by atoms with E-state index in [9.17, 15) is 0 Å². The summed E-state index contributed by atoms with van der Waals surface area (Å²) in [6, 6.07) is 18.6. The number of hydrogen-bond acceptors (Lipinski definition) is 3. The molecule has 0 fully saturated rings. The van der Waals surface area contributed by atoms with Crippen LogP contribution in [-0.4, -0.2) is 19.5 Å². The number of hydrogen-bond donors (Lipinski definition) is 0. The highest BCUT2D eigenvalue weighted by Crippen LogP contribution is 2.23. The number of rotatable bonds is 2. The first-order chi connectivity index (χ1) is 10.4. The minimum Gasteiger partial charge on any atom is -0.317 e. The van der Waals surface area contributed by atoms with Crippen molar-refractivity contribution < 1.29 is 0 Å². The molecular weight excluding hydrogens is 260 g/mol. The number of nitrogens with zero attached hydrogens (tertiary/aromatic N) is 4. The monoisotopic (exact) mass is 272 g/mol. The number of para-hydroxylation sites is 1. The largest absolute Gasteiger partial charge is 0.317 e. The second-order valence-corrected chi connectivity index (χ2v) is 4.76. The van der Waals surface area contributed by atoms with E-state index in [0.29, 0.717) is 5.82 Å². The van der Waals surface area contributed by atoms with E-state index in [2.05, 4.69) is 62.1 Å². The third-order valence-electron chi connectivity index (χ3n) is 3.48. The summed E-state index contributed by atoms with van der Waals surface area (Å²) in [4.78, 5) is 12.3. The smallest absolute Gasteiger partial charge is 0.162 e. The van der Waals surface area contributed by atoms with Crippen molar-refractivity contribution in [2.75, 3.05) is 0 Å². The van der Waals surface area contributed by atoms with Gasteiger partial charge in [-0.1, -0.05) is 30.3 Å². The molecule has 0 N–H and O–H groups in total. The molecule has 4 aromatic rings. The Labute approximate surface area is 121 Å².